The number of carboxylic acid groups (broad SMARTS) is 1. The first-order valence-electron chi connectivity index (χ1n) is 5.03. The second-order valence-electron chi connectivity index (χ2n) is 3.84. The summed E-state index contributed by atoms with van der Waals surface area (Å²) in [6.45, 7) is 0.856. The summed E-state index contributed by atoms with van der Waals surface area (Å²) in [5.74, 6) is -1.46. The number of halogens is 1. The molecule has 0 aromatic heterocycles. The van der Waals surface area contributed by atoms with Crippen LogP contribution in [0.25, 0.3) is 0 Å². The van der Waals surface area contributed by atoms with Crippen LogP contribution < -0.4 is 4.90 Å². The normalized spacial score (nSPS) is 20.1. The number of rotatable bonds is 2. The van der Waals surface area contributed by atoms with Gasteiger partial charge in [-0.1, -0.05) is 0 Å². The summed E-state index contributed by atoms with van der Waals surface area (Å²) in [6.07, 6.45) is -0.398. The van der Waals surface area contributed by atoms with Gasteiger partial charge in [0.1, 0.15) is 17.5 Å². The molecule has 16 heavy (non-hydrogen) atoms. The Morgan fingerprint density at radius 2 is 2.25 bits per heavy atom. The van der Waals surface area contributed by atoms with Crippen molar-refractivity contribution in [3.05, 3.63) is 23.8 Å². The van der Waals surface area contributed by atoms with Gasteiger partial charge in [0.05, 0.1) is 0 Å². The quantitative estimate of drug-likeness (QED) is 0.803. The first-order valence-corrected chi connectivity index (χ1v) is 5.03. The zero-order valence-electron chi connectivity index (χ0n) is 8.56. The molecule has 4 nitrogen and oxygen atoms in total. The maximum Gasteiger partial charge on any atom is 0.339 e. The second kappa shape index (κ2) is 4.00. The standard InChI is InChI=1S/C11H12FNO3/c12-7-3-4-13(6-7)8-1-2-10(14)9(5-8)11(15)16/h1-2,5,7,14H,3-4,6H2,(H,15,16)/t7-/m0/s1. The molecule has 0 radical (unpaired) electrons. The van der Waals surface area contributed by atoms with Crippen molar-refractivity contribution in [1.29, 1.82) is 0 Å². The van der Waals surface area contributed by atoms with Crippen LogP contribution in [-0.2, 0) is 0 Å². The first kappa shape index (κ1) is 10.7. The SMILES string of the molecule is O=C(O)c1cc(N2CC[C@H](F)C2)ccc1O. The van der Waals surface area contributed by atoms with E-state index in [9.17, 15) is 14.3 Å². The highest BCUT2D eigenvalue weighted by molar-refractivity contribution is 5.92. The van der Waals surface area contributed by atoms with E-state index in [0.717, 1.165) is 0 Å². The van der Waals surface area contributed by atoms with Gasteiger partial charge in [-0.25, -0.2) is 9.18 Å². The summed E-state index contributed by atoms with van der Waals surface area (Å²) in [4.78, 5) is 12.6. The predicted octanol–water partition coefficient (Wildman–Crippen LogP) is 1.64. The van der Waals surface area contributed by atoms with E-state index in [-0.39, 0.29) is 17.9 Å². The summed E-state index contributed by atoms with van der Waals surface area (Å²) in [5, 5.41) is 18.2. The van der Waals surface area contributed by atoms with E-state index < -0.39 is 12.1 Å². The van der Waals surface area contributed by atoms with Gasteiger partial charge in [0.2, 0.25) is 0 Å². The lowest BCUT2D eigenvalue weighted by Crippen LogP contribution is -2.20. The largest absolute Gasteiger partial charge is 0.507 e. The molecular weight excluding hydrogens is 213 g/mol. The Balaban J connectivity index is 2.29. The molecule has 1 saturated heterocycles. The van der Waals surface area contributed by atoms with E-state index in [4.69, 9.17) is 5.11 Å². The third-order valence-corrected chi connectivity index (χ3v) is 2.71. The van der Waals surface area contributed by atoms with Crippen molar-refractivity contribution in [2.75, 3.05) is 18.0 Å². The number of nitrogens with zero attached hydrogens (tertiary/aromatic N) is 1. The van der Waals surface area contributed by atoms with E-state index in [1.54, 1.807) is 11.0 Å². The molecular formula is C11H12FNO3. The molecule has 0 saturated carbocycles. The average Bonchev–Trinajstić information content (AvgIpc) is 2.65. The van der Waals surface area contributed by atoms with Crippen molar-refractivity contribution in [1.82, 2.24) is 0 Å². The highest BCUT2D eigenvalue weighted by atomic mass is 19.1. The van der Waals surface area contributed by atoms with Gasteiger partial charge in [-0.2, -0.15) is 0 Å². The molecule has 0 aliphatic carbocycles. The van der Waals surface area contributed by atoms with Crippen LogP contribution in [0.2, 0.25) is 0 Å². The van der Waals surface area contributed by atoms with Gasteiger partial charge in [0.25, 0.3) is 0 Å². The minimum absolute atomic E-state index is 0.153. The van der Waals surface area contributed by atoms with E-state index in [2.05, 4.69) is 0 Å². The van der Waals surface area contributed by atoms with Crippen molar-refractivity contribution in [2.45, 2.75) is 12.6 Å². The zero-order valence-corrected chi connectivity index (χ0v) is 8.56. The van der Waals surface area contributed by atoms with Crippen LogP contribution in [-0.4, -0.2) is 35.4 Å². The van der Waals surface area contributed by atoms with Crippen LogP contribution in [0.4, 0.5) is 10.1 Å². The van der Waals surface area contributed by atoms with Crippen LogP contribution in [0.15, 0.2) is 18.2 Å². The van der Waals surface area contributed by atoms with Crippen molar-refractivity contribution in [2.24, 2.45) is 0 Å². The Hall–Kier alpha value is -1.78. The lowest BCUT2D eigenvalue weighted by molar-refractivity contribution is 0.0694. The molecule has 2 rings (SSSR count). The summed E-state index contributed by atoms with van der Waals surface area (Å²) in [5.41, 5.74) is 0.482. The fraction of sp³-hybridized carbons (Fsp3) is 0.364. The van der Waals surface area contributed by atoms with E-state index in [1.165, 1.54) is 12.1 Å². The Morgan fingerprint density at radius 3 is 2.81 bits per heavy atom. The number of hydrogen-bond donors (Lipinski definition) is 2. The summed E-state index contributed by atoms with van der Waals surface area (Å²) >= 11 is 0. The number of carbonyl (C=O) groups is 1. The molecule has 0 unspecified atom stereocenters. The monoisotopic (exact) mass is 225 g/mol. The van der Waals surface area contributed by atoms with E-state index in [1.807, 2.05) is 0 Å². The maximum atomic E-state index is 13.0. The van der Waals surface area contributed by atoms with Crippen LogP contribution >= 0.6 is 0 Å². The number of phenols is 1. The molecule has 1 aromatic carbocycles. The predicted molar refractivity (Wildman–Crippen MR) is 56.8 cm³/mol. The fourth-order valence-electron chi connectivity index (χ4n) is 1.84. The molecule has 0 amide bonds. The molecule has 1 aromatic rings. The summed E-state index contributed by atoms with van der Waals surface area (Å²) in [7, 11) is 0. The van der Waals surface area contributed by atoms with Crippen molar-refractivity contribution < 1.29 is 19.4 Å². The Bertz CT molecular complexity index is 422. The van der Waals surface area contributed by atoms with Gasteiger partial charge in [-0.05, 0) is 24.6 Å². The van der Waals surface area contributed by atoms with Crippen LogP contribution in [0.3, 0.4) is 0 Å². The molecule has 2 N–H and O–H groups in total. The number of aromatic hydroxyl groups is 1. The van der Waals surface area contributed by atoms with E-state index >= 15 is 0 Å². The number of alkyl halides is 1. The Labute approximate surface area is 91.9 Å². The maximum absolute atomic E-state index is 13.0. The van der Waals surface area contributed by atoms with Crippen molar-refractivity contribution in [3.63, 3.8) is 0 Å². The number of benzene rings is 1. The summed E-state index contributed by atoms with van der Waals surface area (Å²) < 4.78 is 13.0. The topological polar surface area (TPSA) is 60.8 Å². The van der Waals surface area contributed by atoms with Crippen molar-refractivity contribution >= 4 is 11.7 Å². The summed E-state index contributed by atoms with van der Waals surface area (Å²) in [6, 6.07) is 4.29. The molecule has 1 atom stereocenters. The molecule has 0 bridgehead atoms. The van der Waals surface area contributed by atoms with Crippen LogP contribution in [0, 0.1) is 0 Å². The Morgan fingerprint density at radius 1 is 1.50 bits per heavy atom. The molecule has 1 heterocycles. The average molecular weight is 225 g/mol. The van der Waals surface area contributed by atoms with Gasteiger partial charge in [-0.3, -0.25) is 0 Å². The fourth-order valence-corrected chi connectivity index (χ4v) is 1.84. The van der Waals surface area contributed by atoms with Gasteiger partial charge in [0, 0.05) is 18.8 Å². The lowest BCUT2D eigenvalue weighted by atomic mass is 10.1. The molecule has 0 spiro atoms. The van der Waals surface area contributed by atoms with Crippen molar-refractivity contribution in [3.8, 4) is 5.75 Å². The minimum Gasteiger partial charge on any atom is -0.507 e. The smallest absolute Gasteiger partial charge is 0.339 e. The molecule has 5 heteroatoms. The molecule has 1 aliphatic heterocycles. The highest BCUT2D eigenvalue weighted by Gasteiger charge is 2.23. The lowest BCUT2D eigenvalue weighted by Gasteiger charge is -2.18. The highest BCUT2D eigenvalue weighted by Crippen LogP contribution is 2.27. The second-order valence-corrected chi connectivity index (χ2v) is 3.84. The van der Waals surface area contributed by atoms with Crippen LogP contribution in [0.1, 0.15) is 16.8 Å². The third kappa shape index (κ3) is 1.93. The number of anilines is 1. The number of aromatic carboxylic acids is 1. The number of hydrogen-bond acceptors (Lipinski definition) is 3. The van der Waals surface area contributed by atoms with Crippen LogP contribution in [0.5, 0.6) is 5.75 Å². The Kier molecular flexibility index (Phi) is 2.68. The molecule has 1 aliphatic rings. The first-order chi connectivity index (χ1) is 7.58. The van der Waals surface area contributed by atoms with E-state index in [0.29, 0.717) is 18.7 Å². The third-order valence-electron chi connectivity index (χ3n) is 2.71. The molecule has 1 fully saturated rings. The van der Waals surface area contributed by atoms with Gasteiger partial charge >= 0.3 is 5.97 Å². The van der Waals surface area contributed by atoms with Gasteiger partial charge in [-0.15, -0.1) is 0 Å². The zero-order chi connectivity index (χ0) is 11.7. The van der Waals surface area contributed by atoms with Gasteiger partial charge < -0.3 is 15.1 Å². The minimum atomic E-state index is -1.18. The van der Waals surface area contributed by atoms with Gasteiger partial charge in [0.15, 0.2) is 0 Å². The molecule has 86 valence electrons. The number of carboxylic acids is 1.